The molecule has 0 radical (unpaired) electrons. The first kappa shape index (κ1) is 23.4. The van der Waals surface area contributed by atoms with Crippen molar-refractivity contribution in [1.29, 1.82) is 0 Å². The Morgan fingerprint density at radius 3 is 0.778 bits per heavy atom. The highest BCUT2D eigenvalue weighted by molar-refractivity contribution is 6.89. The maximum absolute atomic E-state index is 2.65. The summed E-state index contributed by atoms with van der Waals surface area (Å²) >= 11 is 0. The van der Waals surface area contributed by atoms with Gasteiger partial charge in [-0.3, -0.25) is 0 Å². The molecule has 0 aliphatic heterocycles. The fourth-order valence-electron chi connectivity index (χ4n) is 1.01. The lowest BCUT2D eigenvalue weighted by molar-refractivity contribution is 0.505. The van der Waals surface area contributed by atoms with E-state index in [-0.39, 0.29) is 1.43 Å². The van der Waals surface area contributed by atoms with Crippen molar-refractivity contribution in [2.45, 2.75) is 60.1 Å². The molecule has 0 aliphatic carbocycles. The second-order valence-electron chi connectivity index (χ2n) is 7.97. The minimum absolute atomic E-state index is 0. The van der Waals surface area contributed by atoms with Crippen LogP contribution in [0.25, 0.3) is 0 Å². The van der Waals surface area contributed by atoms with Crippen molar-refractivity contribution < 1.29 is 1.43 Å². The van der Waals surface area contributed by atoms with Crippen molar-refractivity contribution in [3.63, 3.8) is 0 Å². The van der Waals surface area contributed by atoms with E-state index in [0.29, 0.717) is 0 Å². The van der Waals surface area contributed by atoms with Gasteiger partial charge in [0.05, 0.1) is 0 Å². The lowest BCUT2D eigenvalue weighted by Crippen LogP contribution is -2.56. The topological polar surface area (TPSA) is 6.48 Å². The molecule has 0 aromatic rings. The van der Waals surface area contributed by atoms with E-state index in [9.17, 15) is 0 Å². The molecule has 0 saturated heterocycles. The van der Waals surface area contributed by atoms with Gasteiger partial charge in [-0.15, -0.1) is 0 Å². The average molecular weight is 296 g/mol. The van der Waals surface area contributed by atoms with Gasteiger partial charge in [0, 0.05) is 1.43 Å². The predicted octanol–water partition coefficient (Wildman–Crippen LogP) is 4.67. The molecule has 0 aromatic carbocycles. The summed E-state index contributed by atoms with van der Waals surface area (Å²) in [5.41, 5.74) is 0. The third-order valence-corrected chi connectivity index (χ3v) is 10.1. The molecule has 0 rings (SSSR count). The molecule has 0 saturated carbocycles. The Hall–Kier alpha value is 0.354. The first-order chi connectivity index (χ1) is 7.62. The zero-order valence-electron chi connectivity index (χ0n) is 15.5. The molecular formula is C14H42N2Si2. The van der Waals surface area contributed by atoms with Gasteiger partial charge in [-0.1, -0.05) is 60.1 Å². The summed E-state index contributed by atoms with van der Waals surface area (Å²) in [7, 11) is 6.29. The van der Waals surface area contributed by atoms with Gasteiger partial charge in [-0.2, -0.15) is 0 Å². The minimum atomic E-state index is -1.00. The fraction of sp³-hybridized carbons (Fsp3) is 1.00. The van der Waals surface area contributed by atoms with E-state index in [1.54, 1.807) is 0 Å². The minimum Gasteiger partial charge on any atom is -0.349 e. The van der Waals surface area contributed by atoms with Crippen LogP contribution in [0.2, 0.25) is 39.3 Å². The van der Waals surface area contributed by atoms with Gasteiger partial charge >= 0.3 is 0 Å². The maximum Gasteiger partial charge on any atom is 0.112 e. The van der Waals surface area contributed by atoms with Crippen molar-refractivity contribution in [2.75, 3.05) is 28.2 Å². The molecule has 18 heavy (non-hydrogen) atoms. The number of hydrogen-bond donors (Lipinski definition) is 0. The molecule has 0 atom stereocenters. The van der Waals surface area contributed by atoms with Crippen molar-refractivity contribution in [3.8, 4) is 0 Å². The molecule has 0 aliphatic rings. The third kappa shape index (κ3) is 25.3. The van der Waals surface area contributed by atoms with Crippen LogP contribution in [0.15, 0.2) is 0 Å². The fourth-order valence-corrected chi connectivity index (χ4v) is 9.06. The lowest BCUT2D eigenvalue weighted by atomic mass is 10.3. The monoisotopic (exact) mass is 295 g/mol. The van der Waals surface area contributed by atoms with Gasteiger partial charge < -0.3 is 9.13 Å². The Labute approximate surface area is 121 Å². The normalized spacial score (nSPS) is 12.0. The van der Waals surface area contributed by atoms with Crippen LogP contribution < -0.4 is 0 Å². The summed E-state index contributed by atoms with van der Waals surface area (Å²) < 4.78 is 2.65. The van der Waals surface area contributed by atoms with Crippen molar-refractivity contribution in [3.05, 3.63) is 0 Å². The second-order valence-corrected chi connectivity index (χ2v) is 18.4. The zero-order valence-corrected chi connectivity index (χ0v) is 17.5. The van der Waals surface area contributed by atoms with E-state index < -0.39 is 16.5 Å². The van der Waals surface area contributed by atoms with E-state index in [0.717, 1.165) is 5.92 Å². The molecule has 4 heteroatoms. The molecular weight excluding hydrogens is 252 g/mol. The molecule has 2 nitrogen and oxygen atoms in total. The maximum atomic E-state index is 2.65. The third-order valence-electron chi connectivity index (χ3n) is 2.01. The lowest BCUT2D eigenvalue weighted by Gasteiger charge is -2.40. The summed E-state index contributed by atoms with van der Waals surface area (Å²) in [4.78, 5) is 2.00. The summed E-state index contributed by atoms with van der Waals surface area (Å²) in [6, 6.07) is 0. The highest BCUT2D eigenvalue weighted by Crippen LogP contribution is 2.15. The average Bonchev–Trinajstić information content (AvgIpc) is 1.96. The van der Waals surface area contributed by atoms with Crippen LogP contribution in [-0.2, 0) is 0 Å². The van der Waals surface area contributed by atoms with Crippen molar-refractivity contribution in [1.82, 2.24) is 9.13 Å². The molecule has 0 bridgehead atoms. The summed E-state index contributed by atoms with van der Waals surface area (Å²) in [5, 5.41) is 0. The predicted molar refractivity (Wildman–Crippen MR) is 96.7 cm³/mol. The Morgan fingerprint density at radius 2 is 0.778 bits per heavy atom. The highest BCUT2D eigenvalue weighted by Gasteiger charge is 2.30. The molecule has 0 heterocycles. The first-order valence-electron chi connectivity index (χ1n) is 6.97. The second kappa shape index (κ2) is 10.2. The van der Waals surface area contributed by atoms with E-state index in [2.05, 4.69) is 71.3 Å². The quantitative estimate of drug-likeness (QED) is 0.683. The molecule has 0 spiro atoms. The standard InChI is InChI=1S/C7H21NSi2.C4H10.C3H9N.H2/c1-8(9(2,3)4)10(5,6)7;2*1-4(2)3;/h1-7H3;4H,1-3H3;1-3H3;1H/i;;;1+1. The largest absolute Gasteiger partial charge is 0.349 e. The molecule has 0 amide bonds. The van der Waals surface area contributed by atoms with Crippen molar-refractivity contribution >= 4 is 16.5 Å². The van der Waals surface area contributed by atoms with E-state index in [4.69, 9.17) is 0 Å². The summed E-state index contributed by atoms with van der Waals surface area (Å²) in [5.74, 6) is 0.833. The molecule has 0 fully saturated rings. The van der Waals surface area contributed by atoms with Crippen LogP contribution in [0.5, 0.6) is 0 Å². The zero-order chi connectivity index (χ0) is 15.7. The van der Waals surface area contributed by atoms with Crippen LogP contribution in [-0.4, -0.2) is 53.8 Å². The van der Waals surface area contributed by atoms with Gasteiger partial charge in [0.15, 0.2) is 0 Å². The molecule has 0 aromatic heterocycles. The number of rotatable bonds is 2. The first-order valence-corrected chi connectivity index (χ1v) is 13.9. The van der Waals surface area contributed by atoms with Crippen LogP contribution in [0.3, 0.4) is 0 Å². The smallest absolute Gasteiger partial charge is 0.112 e. The Balaban J connectivity index is -0.000000105. The molecule has 0 N–H and O–H groups in total. The summed E-state index contributed by atoms with van der Waals surface area (Å²) in [6.45, 7) is 20.9. The van der Waals surface area contributed by atoms with E-state index in [1.807, 2.05) is 26.0 Å². The Kier molecular flexibility index (Phi) is 13.3. The van der Waals surface area contributed by atoms with Crippen LogP contribution in [0.4, 0.5) is 0 Å². The summed E-state index contributed by atoms with van der Waals surface area (Å²) in [6.07, 6.45) is 0. The van der Waals surface area contributed by atoms with Crippen LogP contribution >= 0.6 is 0 Å². The van der Waals surface area contributed by atoms with Gasteiger partial charge in [0.1, 0.15) is 16.5 Å². The highest BCUT2D eigenvalue weighted by atomic mass is 28.4. The molecule has 0 unspecified atom stereocenters. The number of nitrogens with zero attached hydrogens (tertiary/aromatic N) is 2. The van der Waals surface area contributed by atoms with Crippen molar-refractivity contribution in [2.24, 2.45) is 5.92 Å². The van der Waals surface area contributed by atoms with E-state index in [1.165, 1.54) is 0 Å². The van der Waals surface area contributed by atoms with Gasteiger partial charge in [0.2, 0.25) is 0 Å². The SMILES string of the molecule is CC(C)C.CN(C)C.CN([Si](C)(C)C)[Si](C)(C)C.[2HH]. The Bertz CT molecular complexity index is 159. The van der Waals surface area contributed by atoms with Crippen LogP contribution in [0.1, 0.15) is 22.2 Å². The molecule has 116 valence electrons. The number of hydrogen-bond acceptors (Lipinski definition) is 2. The Morgan fingerprint density at radius 1 is 0.667 bits per heavy atom. The van der Waals surface area contributed by atoms with Gasteiger partial charge in [-0.25, -0.2) is 0 Å². The van der Waals surface area contributed by atoms with E-state index >= 15 is 0 Å². The van der Waals surface area contributed by atoms with Crippen LogP contribution in [0, 0.1) is 5.92 Å². The van der Waals surface area contributed by atoms with Gasteiger partial charge in [0.25, 0.3) is 0 Å². The van der Waals surface area contributed by atoms with Gasteiger partial charge in [-0.05, 0) is 34.1 Å².